The van der Waals surface area contributed by atoms with Crippen molar-refractivity contribution >= 4 is 34.1 Å². The Labute approximate surface area is 374 Å². The number of aromatic nitrogens is 4. The predicted octanol–water partition coefficient (Wildman–Crippen LogP) is 13.3. The Bertz CT molecular complexity index is 3610. The first-order valence-electron chi connectivity index (χ1n) is 22.0. The fourth-order valence-corrected chi connectivity index (χ4v) is 12.1. The molecule has 0 bridgehead atoms. The summed E-state index contributed by atoms with van der Waals surface area (Å²) in [6.07, 6.45) is 7.68. The first-order chi connectivity index (χ1) is 32.3. The Morgan fingerprint density at radius 1 is 0.323 bits per heavy atom. The summed E-state index contributed by atoms with van der Waals surface area (Å²) in [5.74, 6) is 1.59. The van der Waals surface area contributed by atoms with E-state index in [1.165, 1.54) is 22.3 Å². The second-order valence-corrected chi connectivity index (χ2v) is 17.3. The van der Waals surface area contributed by atoms with E-state index in [2.05, 4.69) is 168 Å². The lowest BCUT2D eigenvalue weighted by molar-refractivity contribution is 0.477. The van der Waals surface area contributed by atoms with Crippen molar-refractivity contribution in [2.75, 3.05) is 9.80 Å². The molecule has 1 unspecified atom stereocenters. The van der Waals surface area contributed by atoms with E-state index in [0.29, 0.717) is 0 Å². The number of ether oxygens (including phenoxy) is 1. The van der Waals surface area contributed by atoms with Gasteiger partial charge >= 0.3 is 0 Å². The Kier molecular flexibility index (Phi) is 6.70. The van der Waals surface area contributed by atoms with Gasteiger partial charge in [-0.2, -0.15) is 0 Å². The lowest BCUT2D eigenvalue weighted by Gasteiger charge is -2.45. The highest BCUT2D eigenvalue weighted by molar-refractivity contribution is 6.00. The smallest absolute Gasteiger partial charge is 0.151 e. The van der Waals surface area contributed by atoms with Gasteiger partial charge in [-0.1, -0.05) is 103 Å². The van der Waals surface area contributed by atoms with Gasteiger partial charge in [0, 0.05) is 29.8 Å². The Morgan fingerprint density at radius 3 is 1.49 bits per heavy atom. The zero-order chi connectivity index (χ0) is 42.4. The number of hydrogen-bond donors (Lipinski definition) is 0. The fourth-order valence-electron chi connectivity index (χ4n) is 12.1. The lowest BCUT2D eigenvalue weighted by Crippen LogP contribution is -2.37. The third-order valence-corrected chi connectivity index (χ3v) is 14.4. The van der Waals surface area contributed by atoms with Crippen molar-refractivity contribution < 1.29 is 4.74 Å². The molecule has 4 aromatic heterocycles. The second kappa shape index (κ2) is 12.5. The molecule has 6 heterocycles. The molecule has 10 aromatic rings. The summed E-state index contributed by atoms with van der Waals surface area (Å²) in [5, 5.41) is 0. The lowest BCUT2D eigenvalue weighted by atomic mass is 9.63. The Balaban J connectivity index is 1.09. The van der Waals surface area contributed by atoms with Gasteiger partial charge in [0.2, 0.25) is 0 Å². The maximum atomic E-state index is 6.50. The normalized spacial score (nSPS) is 16.6. The molecular weight excluding hydrogens is 797 g/mol. The molecule has 3 aliphatic carbocycles. The molecule has 2 aliphatic heterocycles. The summed E-state index contributed by atoms with van der Waals surface area (Å²) in [5.41, 5.74) is 19.9. The van der Waals surface area contributed by atoms with Crippen LogP contribution in [-0.2, 0) is 10.8 Å². The molecule has 5 aliphatic rings. The van der Waals surface area contributed by atoms with Crippen molar-refractivity contribution in [2.24, 2.45) is 0 Å². The standard InChI is InChI=1S/C58H34N6O/c1-2-15-35(16-3-1)63-47-23-7-6-19-40(47)58(43-22-14-30-61-55(43)56-46(58)31-36(34-62-56)64-48-24-8-10-26-51(48)65-52-27-11-9-25-49(52)64)45-32-38-37-17-4-5-18-39(37)57(44(38)33-50(45)63)41-20-12-28-59-53(41)54-42(57)21-13-29-60-54/h1-34H. The maximum Gasteiger partial charge on any atom is 0.151 e. The van der Waals surface area contributed by atoms with Gasteiger partial charge in [0.25, 0.3) is 0 Å². The number of nitrogens with zero attached hydrogens (tertiary/aromatic N) is 6. The first-order valence-corrected chi connectivity index (χ1v) is 22.0. The van der Waals surface area contributed by atoms with Crippen molar-refractivity contribution in [3.05, 3.63) is 251 Å². The summed E-state index contributed by atoms with van der Waals surface area (Å²) in [7, 11) is 0. The van der Waals surface area contributed by atoms with E-state index in [1.54, 1.807) is 0 Å². The third-order valence-electron chi connectivity index (χ3n) is 14.4. The zero-order valence-corrected chi connectivity index (χ0v) is 34.7. The minimum atomic E-state index is -0.821. The summed E-state index contributed by atoms with van der Waals surface area (Å²) >= 11 is 0. The van der Waals surface area contributed by atoms with E-state index in [0.717, 1.165) is 102 Å². The Morgan fingerprint density at radius 2 is 0.831 bits per heavy atom. The summed E-state index contributed by atoms with van der Waals surface area (Å²) in [4.78, 5) is 25.4. The number of anilines is 6. The number of pyridine rings is 4. The van der Waals surface area contributed by atoms with Gasteiger partial charge in [-0.3, -0.25) is 19.9 Å². The fraction of sp³-hybridized carbons (Fsp3) is 0.0345. The molecule has 0 fully saturated rings. The van der Waals surface area contributed by atoms with Gasteiger partial charge in [0.15, 0.2) is 11.5 Å². The molecule has 7 heteroatoms. The quantitative estimate of drug-likeness (QED) is 0.172. The topological polar surface area (TPSA) is 67.3 Å². The minimum Gasteiger partial charge on any atom is -0.453 e. The van der Waals surface area contributed by atoms with E-state index in [4.69, 9.17) is 24.7 Å². The number of para-hydroxylation sites is 6. The largest absolute Gasteiger partial charge is 0.453 e. The van der Waals surface area contributed by atoms with E-state index < -0.39 is 10.8 Å². The molecule has 0 saturated heterocycles. The first kappa shape index (κ1) is 34.9. The zero-order valence-electron chi connectivity index (χ0n) is 34.7. The molecule has 2 spiro atoms. The molecule has 0 radical (unpaired) electrons. The van der Waals surface area contributed by atoms with Crippen molar-refractivity contribution in [1.29, 1.82) is 0 Å². The van der Waals surface area contributed by atoms with E-state index >= 15 is 0 Å². The average Bonchev–Trinajstić information content (AvgIpc) is 3.95. The van der Waals surface area contributed by atoms with Crippen LogP contribution in [0.4, 0.5) is 34.1 Å². The van der Waals surface area contributed by atoms with Gasteiger partial charge < -0.3 is 14.5 Å². The van der Waals surface area contributed by atoms with E-state index in [-0.39, 0.29) is 0 Å². The number of hydrogen-bond acceptors (Lipinski definition) is 7. The predicted molar refractivity (Wildman–Crippen MR) is 254 cm³/mol. The Hall–Kier alpha value is -8.68. The molecule has 7 nitrogen and oxygen atoms in total. The van der Waals surface area contributed by atoms with Gasteiger partial charge in [0.1, 0.15) is 0 Å². The molecule has 0 saturated carbocycles. The molecule has 0 amide bonds. The van der Waals surface area contributed by atoms with Crippen molar-refractivity contribution in [3.63, 3.8) is 0 Å². The van der Waals surface area contributed by atoms with Crippen LogP contribution >= 0.6 is 0 Å². The van der Waals surface area contributed by atoms with Gasteiger partial charge in [-0.05, 0) is 129 Å². The van der Waals surface area contributed by atoms with Crippen LogP contribution in [0.2, 0.25) is 0 Å². The van der Waals surface area contributed by atoms with Crippen LogP contribution in [0.1, 0.15) is 44.5 Å². The summed E-state index contributed by atoms with van der Waals surface area (Å²) in [6.45, 7) is 0. The van der Waals surface area contributed by atoms with Gasteiger partial charge in [0.05, 0.1) is 68.2 Å². The molecule has 302 valence electrons. The van der Waals surface area contributed by atoms with Gasteiger partial charge in [-0.15, -0.1) is 0 Å². The number of fused-ring (bicyclic) bond motifs is 21. The number of rotatable bonds is 2. The van der Waals surface area contributed by atoms with Crippen LogP contribution in [0.5, 0.6) is 11.5 Å². The molecule has 1 atom stereocenters. The maximum absolute atomic E-state index is 6.50. The molecular formula is C58H34N6O. The van der Waals surface area contributed by atoms with Crippen LogP contribution in [0.15, 0.2) is 207 Å². The van der Waals surface area contributed by atoms with E-state index in [9.17, 15) is 0 Å². The van der Waals surface area contributed by atoms with Gasteiger partial charge in [-0.25, -0.2) is 0 Å². The van der Waals surface area contributed by atoms with Crippen LogP contribution in [0.3, 0.4) is 0 Å². The second-order valence-electron chi connectivity index (χ2n) is 17.3. The molecule has 65 heavy (non-hydrogen) atoms. The summed E-state index contributed by atoms with van der Waals surface area (Å²) in [6, 6.07) is 65.5. The van der Waals surface area contributed by atoms with Crippen LogP contribution in [0.25, 0.3) is 33.9 Å². The van der Waals surface area contributed by atoms with Crippen molar-refractivity contribution in [3.8, 4) is 45.4 Å². The number of benzene rings is 6. The molecule has 15 rings (SSSR count). The highest BCUT2D eigenvalue weighted by Crippen LogP contribution is 2.68. The highest BCUT2D eigenvalue weighted by atomic mass is 16.5. The average molecular weight is 831 g/mol. The molecule has 0 N–H and O–H groups in total. The van der Waals surface area contributed by atoms with E-state index in [1.807, 2.05) is 49.1 Å². The monoisotopic (exact) mass is 830 g/mol. The minimum absolute atomic E-state index is 0.639. The summed E-state index contributed by atoms with van der Waals surface area (Å²) < 4.78 is 6.50. The molecule has 6 aromatic carbocycles. The SMILES string of the molecule is c1ccc(N2c3ccccc3C3(c4cc5c(cc42)C2(c4ccccc4-5)c4cccnc4-c4ncccc42)c2cccnc2-c2ncc(N4c5ccccc5Oc5ccccc54)cc23)cc1. The van der Waals surface area contributed by atoms with Crippen molar-refractivity contribution in [1.82, 2.24) is 19.9 Å². The van der Waals surface area contributed by atoms with Crippen LogP contribution in [0, 0.1) is 0 Å². The third kappa shape index (κ3) is 4.21. The van der Waals surface area contributed by atoms with Crippen LogP contribution in [-0.4, -0.2) is 19.9 Å². The highest BCUT2D eigenvalue weighted by Gasteiger charge is 2.57. The van der Waals surface area contributed by atoms with Crippen LogP contribution < -0.4 is 14.5 Å². The van der Waals surface area contributed by atoms with Crippen molar-refractivity contribution in [2.45, 2.75) is 10.8 Å².